The molecule has 0 bridgehead atoms. The molecule has 0 saturated carbocycles. The summed E-state index contributed by atoms with van der Waals surface area (Å²) in [4.78, 5) is 14.2. The molecule has 1 amide bonds. The number of carbonyl (C=O) groups excluding carboxylic acids is 1. The van der Waals surface area contributed by atoms with Crippen molar-refractivity contribution in [2.45, 2.75) is 26.2 Å². The van der Waals surface area contributed by atoms with Gasteiger partial charge in [-0.1, -0.05) is 0 Å². The molecule has 0 radical (unpaired) electrons. The standard InChI is InChI=1S/C17H26N2O2/c1-3-21-16-6-4-15(5-7-16)17(20)19(2)13-10-14-8-11-18-12-9-14/h4-7,14,18H,3,8-13H2,1-2H3. The third-order valence-corrected chi connectivity index (χ3v) is 4.09. The Labute approximate surface area is 127 Å². The van der Waals surface area contributed by atoms with Gasteiger partial charge in [0.05, 0.1) is 6.61 Å². The molecule has 4 nitrogen and oxygen atoms in total. The average molecular weight is 290 g/mol. The van der Waals surface area contributed by atoms with Gasteiger partial charge in [-0.3, -0.25) is 4.79 Å². The Kier molecular flexibility index (Phi) is 6.05. The first-order valence-corrected chi connectivity index (χ1v) is 7.89. The predicted molar refractivity (Wildman–Crippen MR) is 84.8 cm³/mol. The van der Waals surface area contributed by atoms with Crippen LogP contribution >= 0.6 is 0 Å². The van der Waals surface area contributed by atoms with Crippen LogP contribution in [0.15, 0.2) is 24.3 Å². The number of nitrogens with one attached hydrogen (secondary N) is 1. The number of rotatable bonds is 6. The molecule has 1 aromatic rings. The number of benzene rings is 1. The molecule has 4 heteroatoms. The first kappa shape index (κ1) is 15.8. The second-order valence-electron chi connectivity index (χ2n) is 5.67. The third-order valence-electron chi connectivity index (χ3n) is 4.09. The van der Waals surface area contributed by atoms with E-state index in [1.807, 2.05) is 43.1 Å². The van der Waals surface area contributed by atoms with Crippen LogP contribution in [0.3, 0.4) is 0 Å². The average Bonchev–Trinajstić information content (AvgIpc) is 2.54. The van der Waals surface area contributed by atoms with Crippen LogP contribution in [-0.2, 0) is 0 Å². The van der Waals surface area contributed by atoms with Crippen LogP contribution in [0.5, 0.6) is 5.75 Å². The van der Waals surface area contributed by atoms with Crippen LogP contribution in [0.4, 0.5) is 0 Å². The maximum absolute atomic E-state index is 12.4. The maximum atomic E-state index is 12.4. The maximum Gasteiger partial charge on any atom is 0.253 e. The van der Waals surface area contributed by atoms with Gasteiger partial charge in [-0.15, -0.1) is 0 Å². The Bertz CT molecular complexity index is 439. The number of piperidine rings is 1. The van der Waals surface area contributed by atoms with Crippen molar-refractivity contribution >= 4 is 5.91 Å². The van der Waals surface area contributed by atoms with Crippen molar-refractivity contribution in [3.05, 3.63) is 29.8 Å². The molecule has 0 unspecified atom stereocenters. The van der Waals surface area contributed by atoms with Crippen LogP contribution in [0.2, 0.25) is 0 Å². The van der Waals surface area contributed by atoms with Gasteiger partial charge >= 0.3 is 0 Å². The van der Waals surface area contributed by atoms with Crippen LogP contribution in [-0.4, -0.2) is 44.1 Å². The summed E-state index contributed by atoms with van der Waals surface area (Å²) < 4.78 is 5.40. The molecule has 0 aromatic heterocycles. The van der Waals surface area contributed by atoms with E-state index in [0.717, 1.165) is 43.3 Å². The molecule has 0 aliphatic carbocycles. The summed E-state index contributed by atoms with van der Waals surface area (Å²) in [5.74, 6) is 1.65. The van der Waals surface area contributed by atoms with Gasteiger partial charge in [0.1, 0.15) is 5.75 Å². The number of carbonyl (C=O) groups is 1. The summed E-state index contributed by atoms with van der Waals surface area (Å²) in [6.45, 7) is 5.65. The van der Waals surface area contributed by atoms with Gasteiger partial charge in [-0.25, -0.2) is 0 Å². The zero-order chi connectivity index (χ0) is 15.1. The summed E-state index contributed by atoms with van der Waals surface area (Å²) in [6.07, 6.45) is 3.55. The summed E-state index contributed by atoms with van der Waals surface area (Å²) in [6, 6.07) is 7.40. The van der Waals surface area contributed by atoms with Crippen molar-refractivity contribution in [1.82, 2.24) is 10.2 Å². The van der Waals surface area contributed by atoms with Gasteiger partial charge < -0.3 is 15.0 Å². The first-order valence-electron chi connectivity index (χ1n) is 7.89. The normalized spacial score (nSPS) is 15.7. The molecule has 1 aliphatic rings. The minimum atomic E-state index is 0.0898. The van der Waals surface area contributed by atoms with Crippen molar-refractivity contribution in [3.63, 3.8) is 0 Å². The third kappa shape index (κ3) is 4.74. The van der Waals surface area contributed by atoms with Crippen LogP contribution < -0.4 is 10.1 Å². The lowest BCUT2D eigenvalue weighted by Gasteiger charge is -2.25. The number of hydrogen-bond acceptors (Lipinski definition) is 3. The van der Waals surface area contributed by atoms with Gasteiger partial charge in [-0.05, 0) is 69.5 Å². The van der Waals surface area contributed by atoms with E-state index in [0.29, 0.717) is 6.61 Å². The minimum absolute atomic E-state index is 0.0898. The molecular formula is C17H26N2O2. The second-order valence-corrected chi connectivity index (χ2v) is 5.67. The predicted octanol–water partition coefficient (Wildman–Crippen LogP) is 2.55. The molecule has 1 aromatic carbocycles. The van der Waals surface area contributed by atoms with E-state index >= 15 is 0 Å². The highest BCUT2D eigenvalue weighted by molar-refractivity contribution is 5.94. The molecule has 1 fully saturated rings. The molecule has 21 heavy (non-hydrogen) atoms. The molecule has 0 spiro atoms. The lowest BCUT2D eigenvalue weighted by atomic mass is 9.94. The summed E-state index contributed by atoms with van der Waals surface area (Å²) >= 11 is 0. The molecule has 116 valence electrons. The van der Waals surface area contributed by atoms with Gasteiger partial charge in [0, 0.05) is 19.2 Å². The first-order chi connectivity index (χ1) is 10.2. The molecule has 0 atom stereocenters. The number of hydrogen-bond donors (Lipinski definition) is 1. The van der Waals surface area contributed by atoms with Gasteiger partial charge in [0.15, 0.2) is 0 Å². The largest absolute Gasteiger partial charge is 0.494 e. The monoisotopic (exact) mass is 290 g/mol. The van der Waals surface area contributed by atoms with Crippen molar-refractivity contribution < 1.29 is 9.53 Å². The Morgan fingerprint density at radius 1 is 1.29 bits per heavy atom. The lowest BCUT2D eigenvalue weighted by Crippen LogP contribution is -2.32. The van der Waals surface area contributed by atoms with Crippen molar-refractivity contribution in [1.29, 1.82) is 0 Å². The van der Waals surface area contributed by atoms with Crippen LogP contribution in [0, 0.1) is 5.92 Å². The Morgan fingerprint density at radius 3 is 2.57 bits per heavy atom. The van der Waals surface area contributed by atoms with Crippen LogP contribution in [0.25, 0.3) is 0 Å². The quantitative estimate of drug-likeness (QED) is 0.875. The van der Waals surface area contributed by atoms with Gasteiger partial charge in [-0.2, -0.15) is 0 Å². The fraction of sp³-hybridized carbons (Fsp3) is 0.588. The zero-order valence-electron chi connectivity index (χ0n) is 13.1. The number of ether oxygens (including phenoxy) is 1. The summed E-state index contributed by atoms with van der Waals surface area (Å²) in [5, 5.41) is 3.37. The highest BCUT2D eigenvalue weighted by Gasteiger charge is 2.16. The van der Waals surface area contributed by atoms with Crippen molar-refractivity contribution in [2.75, 3.05) is 33.3 Å². The van der Waals surface area contributed by atoms with E-state index < -0.39 is 0 Å². The molecule has 1 saturated heterocycles. The molecule has 2 rings (SSSR count). The van der Waals surface area contributed by atoms with E-state index in [1.54, 1.807) is 0 Å². The fourth-order valence-corrected chi connectivity index (χ4v) is 2.73. The SMILES string of the molecule is CCOc1ccc(C(=O)N(C)CCC2CCNCC2)cc1. The molecule has 1 aliphatic heterocycles. The van der Waals surface area contributed by atoms with E-state index in [2.05, 4.69) is 5.32 Å². The van der Waals surface area contributed by atoms with E-state index in [9.17, 15) is 4.79 Å². The van der Waals surface area contributed by atoms with Crippen molar-refractivity contribution in [3.8, 4) is 5.75 Å². The Hall–Kier alpha value is -1.55. The van der Waals surface area contributed by atoms with E-state index in [1.165, 1.54) is 12.8 Å². The molecular weight excluding hydrogens is 264 g/mol. The highest BCUT2D eigenvalue weighted by atomic mass is 16.5. The van der Waals surface area contributed by atoms with E-state index in [-0.39, 0.29) is 5.91 Å². The summed E-state index contributed by atoms with van der Waals surface area (Å²) in [7, 11) is 1.89. The number of nitrogens with zero attached hydrogens (tertiary/aromatic N) is 1. The molecule has 1 N–H and O–H groups in total. The smallest absolute Gasteiger partial charge is 0.253 e. The van der Waals surface area contributed by atoms with Crippen molar-refractivity contribution in [2.24, 2.45) is 5.92 Å². The number of amides is 1. The molecule has 1 heterocycles. The minimum Gasteiger partial charge on any atom is -0.494 e. The van der Waals surface area contributed by atoms with Gasteiger partial charge in [0.2, 0.25) is 0 Å². The van der Waals surface area contributed by atoms with Crippen LogP contribution in [0.1, 0.15) is 36.5 Å². The fourth-order valence-electron chi connectivity index (χ4n) is 2.73. The second kappa shape index (κ2) is 8.03. The summed E-state index contributed by atoms with van der Waals surface area (Å²) in [5.41, 5.74) is 0.728. The Morgan fingerprint density at radius 2 is 1.95 bits per heavy atom. The zero-order valence-corrected chi connectivity index (χ0v) is 13.1. The topological polar surface area (TPSA) is 41.6 Å². The lowest BCUT2D eigenvalue weighted by molar-refractivity contribution is 0.0784. The Balaban J connectivity index is 1.83. The highest BCUT2D eigenvalue weighted by Crippen LogP contribution is 2.17. The van der Waals surface area contributed by atoms with Gasteiger partial charge in [0.25, 0.3) is 5.91 Å². The van der Waals surface area contributed by atoms with E-state index in [4.69, 9.17) is 4.74 Å².